The number of hydrogen-bond acceptors (Lipinski definition) is 8. The van der Waals surface area contributed by atoms with E-state index in [9.17, 15) is 19.2 Å². The minimum atomic E-state index is -0.457. The summed E-state index contributed by atoms with van der Waals surface area (Å²) in [6.45, 7) is 0. The molecular formula is C40H22N6O4. The third-order valence-electron chi connectivity index (χ3n) is 8.86. The van der Waals surface area contributed by atoms with Gasteiger partial charge in [0.2, 0.25) is 0 Å². The molecule has 9 rings (SSSR count). The number of anilines is 2. The van der Waals surface area contributed by atoms with Gasteiger partial charge < -0.3 is 10.6 Å². The molecule has 10 nitrogen and oxygen atoms in total. The van der Waals surface area contributed by atoms with Crippen molar-refractivity contribution in [1.82, 2.24) is 19.9 Å². The number of nitrogens with one attached hydrogen (secondary N) is 2. The summed E-state index contributed by atoms with van der Waals surface area (Å²) in [7, 11) is 0. The smallest absolute Gasteiger partial charge is 0.255 e. The van der Waals surface area contributed by atoms with E-state index < -0.39 is 5.91 Å². The fraction of sp³-hybridized carbons (Fsp3) is 0. The highest BCUT2D eigenvalue weighted by Gasteiger charge is 2.30. The Morgan fingerprint density at radius 1 is 0.460 bits per heavy atom. The van der Waals surface area contributed by atoms with E-state index in [1.165, 1.54) is 18.2 Å². The van der Waals surface area contributed by atoms with E-state index in [0.717, 1.165) is 27.3 Å². The maximum Gasteiger partial charge on any atom is 0.255 e. The van der Waals surface area contributed by atoms with E-state index >= 15 is 0 Å². The molecule has 0 bridgehead atoms. The van der Waals surface area contributed by atoms with Gasteiger partial charge in [-0.15, -0.1) is 0 Å². The summed E-state index contributed by atoms with van der Waals surface area (Å²) in [5, 5.41) is 7.41. The van der Waals surface area contributed by atoms with E-state index in [2.05, 4.69) is 20.6 Å². The van der Waals surface area contributed by atoms with Crippen molar-refractivity contribution in [3.8, 4) is 0 Å². The van der Waals surface area contributed by atoms with Crippen LogP contribution in [0.5, 0.6) is 0 Å². The Morgan fingerprint density at radius 3 is 1.68 bits per heavy atom. The van der Waals surface area contributed by atoms with Crippen molar-refractivity contribution in [3.63, 3.8) is 0 Å². The molecular weight excluding hydrogens is 628 g/mol. The van der Waals surface area contributed by atoms with Crippen molar-refractivity contribution in [2.75, 3.05) is 10.6 Å². The van der Waals surface area contributed by atoms with E-state index in [4.69, 9.17) is 9.97 Å². The zero-order valence-electron chi connectivity index (χ0n) is 26.0. The minimum Gasteiger partial charge on any atom is -0.322 e. The summed E-state index contributed by atoms with van der Waals surface area (Å²) in [6, 6.07) is 30.5. The second-order valence-electron chi connectivity index (χ2n) is 11.9. The first-order valence-corrected chi connectivity index (χ1v) is 15.7. The van der Waals surface area contributed by atoms with Crippen LogP contribution in [0.2, 0.25) is 0 Å². The molecule has 1 aliphatic rings. The van der Waals surface area contributed by atoms with E-state index in [0.29, 0.717) is 44.6 Å². The molecule has 0 aliphatic heterocycles. The van der Waals surface area contributed by atoms with E-state index in [-0.39, 0.29) is 34.2 Å². The lowest BCUT2D eigenvalue weighted by Crippen LogP contribution is -2.22. The second kappa shape index (κ2) is 11.2. The summed E-state index contributed by atoms with van der Waals surface area (Å²) in [5.74, 6) is -1.36. The molecule has 0 spiro atoms. The highest BCUT2D eigenvalue weighted by atomic mass is 16.2. The average molecular weight is 651 g/mol. The zero-order chi connectivity index (χ0) is 33.9. The predicted octanol–water partition coefficient (Wildman–Crippen LogP) is 7.16. The van der Waals surface area contributed by atoms with Gasteiger partial charge >= 0.3 is 0 Å². The van der Waals surface area contributed by atoms with Crippen LogP contribution in [0.3, 0.4) is 0 Å². The molecule has 0 saturated heterocycles. The van der Waals surface area contributed by atoms with Crippen LogP contribution >= 0.6 is 0 Å². The van der Waals surface area contributed by atoms with Crippen molar-refractivity contribution < 1.29 is 19.2 Å². The van der Waals surface area contributed by atoms with Gasteiger partial charge in [0.05, 0.1) is 33.1 Å². The van der Waals surface area contributed by atoms with Gasteiger partial charge in [0.25, 0.3) is 11.8 Å². The van der Waals surface area contributed by atoms with Crippen molar-refractivity contribution in [2.24, 2.45) is 0 Å². The third-order valence-corrected chi connectivity index (χ3v) is 8.86. The number of nitrogens with zero attached hydrogens (tertiary/aromatic N) is 4. The van der Waals surface area contributed by atoms with Crippen LogP contribution < -0.4 is 10.6 Å². The molecule has 0 radical (unpaired) electrons. The van der Waals surface area contributed by atoms with Crippen LogP contribution in [-0.2, 0) is 0 Å². The number of carbonyl (C=O) groups excluding carboxylic acids is 4. The van der Waals surface area contributed by atoms with Gasteiger partial charge in [-0.2, -0.15) is 0 Å². The Morgan fingerprint density at radius 2 is 1.00 bits per heavy atom. The molecule has 5 aromatic carbocycles. The number of rotatable bonds is 4. The average Bonchev–Trinajstić information content (AvgIpc) is 3.16. The van der Waals surface area contributed by atoms with Gasteiger partial charge in [-0.25, -0.2) is 9.97 Å². The van der Waals surface area contributed by atoms with Gasteiger partial charge in [0.1, 0.15) is 0 Å². The zero-order valence-corrected chi connectivity index (χ0v) is 26.0. The monoisotopic (exact) mass is 650 g/mol. The lowest BCUT2D eigenvalue weighted by Gasteiger charge is -2.18. The SMILES string of the molecule is O=C(Nc1ccc2nc3c4cccnc4c4ncccc4c3nc2c1)c1ccc(NC(=O)c2ccc3c(c2)C(=O)c2ccccc2C3=O)cc1. The molecule has 10 heteroatoms. The van der Waals surface area contributed by atoms with Crippen molar-refractivity contribution in [2.45, 2.75) is 0 Å². The van der Waals surface area contributed by atoms with Gasteiger partial charge in [0.15, 0.2) is 11.6 Å². The molecule has 0 atom stereocenters. The van der Waals surface area contributed by atoms with Gasteiger partial charge in [-0.3, -0.25) is 29.1 Å². The lowest BCUT2D eigenvalue weighted by atomic mass is 9.83. The maximum atomic E-state index is 13.2. The third kappa shape index (κ3) is 4.66. The van der Waals surface area contributed by atoms with Gasteiger partial charge in [-0.1, -0.05) is 24.3 Å². The first kappa shape index (κ1) is 29.0. The fourth-order valence-electron chi connectivity index (χ4n) is 6.43. The maximum absolute atomic E-state index is 13.2. The molecule has 3 heterocycles. The van der Waals surface area contributed by atoms with Gasteiger partial charge in [-0.05, 0) is 84.9 Å². The first-order chi connectivity index (χ1) is 24.4. The number of ketones is 2. The standard InChI is InChI=1S/C40H22N6O4/c47-37-25-5-1-2-6-26(25)38(48)30-19-22(11-15-27(30)37)40(50)43-23-12-9-21(10-13-23)39(49)44-24-14-16-31-32(20-24)46-36-29-8-4-18-42-34(29)33-28(35(36)45-31)7-3-17-41-33/h1-20H,(H,43,50)(H,44,49). The highest BCUT2D eigenvalue weighted by molar-refractivity contribution is 6.29. The number of hydrogen-bond donors (Lipinski definition) is 2. The number of aromatic nitrogens is 4. The van der Waals surface area contributed by atoms with Crippen LogP contribution in [0.4, 0.5) is 11.4 Å². The molecule has 1 aliphatic carbocycles. The quantitative estimate of drug-likeness (QED) is 0.151. The molecule has 3 aromatic heterocycles. The van der Waals surface area contributed by atoms with Crippen LogP contribution in [0.15, 0.2) is 122 Å². The molecule has 0 unspecified atom stereocenters. The van der Waals surface area contributed by atoms with Crippen LogP contribution in [-0.4, -0.2) is 43.3 Å². The molecule has 0 saturated carbocycles. The first-order valence-electron chi connectivity index (χ1n) is 15.7. The van der Waals surface area contributed by atoms with Crippen LogP contribution in [0.1, 0.15) is 52.6 Å². The van der Waals surface area contributed by atoms with E-state index in [1.807, 2.05) is 30.3 Å². The summed E-state index contributed by atoms with van der Waals surface area (Å²) < 4.78 is 0. The topological polar surface area (TPSA) is 144 Å². The van der Waals surface area contributed by atoms with Crippen molar-refractivity contribution in [1.29, 1.82) is 0 Å². The molecule has 2 N–H and O–H groups in total. The number of benzene rings is 5. The molecule has 0 fully saturated rings. The Kier molecular flexibility index (Phi) is 6.49. The Balaban J connectivity index is 0.940. The normalized spacial score (nSPS) is 12.2. The van der Waals surface area contributed by atoms with Crippen LogP contribution in [0, 0.1) is 0 Å². The van der Waals surface area contributed by atoms with Crippen LogP contribution in [0.25, 0.3) is 43.9 Å². The fourth-order valence-corrected chi connectivity index (χ4v) is 6.43. The minimum absolute atomic E-state index is 0.192. The van der Waals surface area contributed by atoms with Crippen molar-refractivity contribution >= 4 is 78.6 Å². The Bertz CT molecular complexity index is 2800. The van der Waals surface area contributed by atoms with E-state index in [1.54, 1.807) is 73.1 Å². The predicted molar refractivity (Wildman–Crippen MR) is 190 cm³/mol. The number of pyridine rings is 2. The van der Waals surface area contributed by atoms with Gasteiger partial charge in [0, 0.05) is 67.9 Å². The Labute approximate surface area is 282 Å². The molecule has 8 aromatic rings. The lowest BCUT2D eigenvalue weighted by molar-refractivity contribution is 0.0978. The molecule has 2 amide bonds. The Hall–Kier alpha value is -7.20. The molecule has 50 heavy (non-hydrogen) atoms. The van der Waals surface area contributed by atoms with Crippen molar-refractivity contribution in [3.05, 3.63) is 155 Å². The largest absolute Gasteiger partial charge is 0.322 e. The molecule has 236 valence electrons. The summed E-state index contributed by atoms with van der Waals surface area (Å²) in [5.41, 5.74) is 6.95. The summed E-state index contributed by atoms with van der Waals surface area (Å²) in [6.07, 6.45) is 3.46. The summed E-state index contributed by atoms with van der Waals surface area (Å²) >= 11 is 0. The summed E-state index contributed by atoms with van der Waals surface area (Å²) in [4.78, 5) is 71.3. The number of fused-ring (bicyclic) bond motifs is 9. The second-order valence-corrected chi connectivity index (χ2v) is 11.9. The number of amides is 2. The number of carbonyl (C=O) groups is 4. The highest BCUT2D eigenvalue weighted by Crippen LogP contribution is 2.32.